The number of carbonyl (C=O) groups excluding carboxylic acids is 1. The maximum absolute atomic E-state index is 15.4. The molecule has 3 aliphatic rings. The Kier molecular flexibility index (Phi) is 5.80. The predicted molar refractivity (Wildman–Crippen MR) is 140 cm³/mol. The molecule has 2 aliphatic heterocycles. The molecule has 1 aliphatic carbocycles. The van der Waals surface area contributed by atoms with Crippen molar-refractivity contribution in [3.63, 3.8) is 0 Å². The largest absolute Gasteiger partial charge is 0.371 e. The number of piperidine rings is 2. The Hall–Kier alpha value is -2.57. The third-order valence-corrected chi connectivity index (χ3v) is 8.49. The van der Waals surface area contributed by atoms with Crippen LogP contribution in [0.4, 0.5) is 30.5 Å². The molecule has 0 unspecified atom stereocenters. The number of amides is 1. The number of imidazole rings is 1. The maximum atomic E-state index is 15.4. The van der Waals surface area contributed by atoms with Crippen molar-refractivity contribution >= 4 is 51.5 Å². The van der Waals surface area contributed by atoms with Crippen LogP contribution < -0.4 is 15.1 Å². The zero-order chi connectivity index (χ0) is 25.1. The highest BCUT2D eigenvalue weighted by Crippen LogP contribution is 2.54. The third kappa shape index (κ3) is 4.39. The van der Waals surface area contributed by atoms with Gasteiger partial charge in [-0.2, -0.15) is 4.39 Å². The van der Waals surface area contributed by atoms with Crippen molar-refractivity contribution in [2.45, 2.75) is 44.4 Å². The number of nitrogens with zero attached hydrogens (tertiary/aromatic N) is 5. The molecule has 190 valence electrons. The number of hydrogen-bond acceptors (Lipinski definition) is 5. The average molecular weight is 610 g/mol. The molecule has 4 heterocycles. The zero-order valence-electron chi connectivity index (χ0n) is 19.6. The summed E-state index contributed by atoms with van der Waals surface area (Å²) in [5.41, 5.74) is 2.02. The minimum absolute atomic E-state index is 0.0687. The smallest absolute Gasteiger partial charge is 0.259 e. The van der Waals surface area contributed by atoms with E-state index >= 15 is 4.39 Å². The fourth-order valence-electron chi connectivity index (χ4n) is 5.31. The van der Waals surface area contributed by atoms with Gasteiger partial charge in [-0.1, -0.05) is 0 Å². The molecular formula is C25H26F3IN6O. The summed E-state index contributed by atoms with van der Waals surface area (Å²) in [6, 6.07) is 5.60. The summed E-state index contributed by atoms with van der Waals surface area (Å²) in [7, 11) is 0. The first-order valence-electron chi connectivity index (χ1n) is 12.2. The quantitative estimate of drug-likeness (QED) is 0.405. The van der Waals surface area contributed by atoms with E-state index in [0.717, 1.165) is 35.2 Å². The van der Waals surface area contributed by atoms with Crippen LogP contribution in [-0.4, -0.2) is 52.4 Å². The van der Waals surface area contributed by atoms with Gasteiger partial charge >= 0.3 is 0 Å². The van der Waals surface area contributed by atoms with Gasteiger partial charge in [0.05, 0.1) is 11.3 Å². The van der Waals surface area contributed by atoms with Gasteiger partial charge in [0.25, 0.3) is 11.8 Å². The number of alkyl halides is 2. The van der Waals surface area contributed by atoms with Crippen LogP contribution in [0.5, 0.6) is 0 Å². The van der Waals surface area contributed by atoms with E-state index in [1.165, 1.54) is 29.6 Å². The average Bonchev–Trinajstić information content (AvgIpc) is 3.41. The molecule has 2 saturated heterocycles. The van der Waals surface area contributed by atoms with Gasteiger partial charge < -0.3 is 15.1 Å². The predicted octanol–water partition coefficient (Wildman–Crippen LogP) is 5.34. The summed E-state index contributed by atoms with van der Waals surface area (Å²) >= 11 is 2.23. The molecular weight excluding hydrogens is 584 g/mol. The van der Waals surface area contributed by atoms with E-state index in [-0.39, 0.29) is 43.2 Å². The van der Waals surface area contributed by atoms with E-state index in [1.54, 1.807) is 11.0 Å². The fourth-order valence-corrected chi connectivity index (χ4v) is 5.79. The number of hydrogen-bond donors (Lipinski definition) is 1. The van der Waals surface area contributed by atoms with Crippen molar-refractivity contribution in [2.75, 3.05) is 41.3 Å². The summed E-state index contributed by atoms with van der Waals surface area (Å²) in [4.78, 5) is 25.9. The lowest BCUT2D eigenvalue weighted by atomic mass is 9.93. The number of benzene rings is 1. The second-order valence-corrected chi connectivity index (χ2v) is 11.4. The molecule has 0 bridgehead atoms. The monoisotopic (exact) mass is 610 g/mol. The van der Waals surface area contributed by atoms with Gasteiger partial charge in [0.15, 0.2) is 17.3 Å². The zero-order valence-corrected chi connectivity index (χ0v) is 21.8. The van der Waals surface area contributed by atoms with Crippen LogP contribution in [-0.2, 0) is 0 Å². The maximum Gasteiger partial charge on any atom is 0.259 e. The van der Waals surface area contributed by atoms with Gasteiger partial charge in [-0.05, 0) is 71.9 Å². The molecule has 1 spiro atoms. The van der Waals surface area contributed by atoms with Crippen LogP contribution in [0, 0.1) is 14.9 Å². The third-order valence-electron chi connectivity index (χ3n) is 7.82. The highest BCUT2D eigenvalue weighted by atomic mass is 127. The van der Waals surface area contributed by atoms with E-state index < -0.39 is 17.8 Å². The van der Waals surface area contributed by atoms with Crippen molar-refractivity contribution in [2.24, 2.45) is 5.41 Å². The fraction of sp³-hybridized carbons (Fsp3) is 0.480. The first-order chi connectivity index (χ1) is 17.2. The van der Waals surface area contributed by atoms with Crippen molar-refractivity contribution in [3.05, 3.63) is 45.7 Å². The van der Waals surface area contributed by atoms with Gasteiger partial charge in [0, 0.05) is 55.0 Å². The van der Waals surface area contributed by atoms with Gasteiger partial charge in [0.2, 0.25) is 5.95 Å². The second kappa shape index (κ2) is 8.77. The van der Waals surface area contributed by atoms with Gasteiger partial charge in [0.1, 0.15) is 0 Å². The SMILES string of the molecule is O=C(Nc1nc(N2CCC(F)(F)CC2)c2nccn2c1F)c1ccc(I)cc1N1CCC2(CC1)CC2. The Morgan fingerprint density at radius 3 is 2.39 bits per heavy atom. The van der Waals surface area contributed by atoms with E-state index in [0.29, 0.717) is 11.0 Å². The molecule has 6 rings (SSSR count). The Labute approximate surface area is 220 Å². The lowest BCUT2D eigenvalue weighted by Crippen LogP contribution is -2.40. The minimum atomic E-state index is -2.73. The standard InChI is InChI=1S/C25H26F3IN6O/c26-19-20(31-22(21-30-9-14-35(19)21)34-12-7-25(27,28)8-13-34)32-23(36)17-2-1-16(29)15-18(17)33-10-5-24(3-4-24)6-11-33/h1-2,9,14-15H,3-8,10-13H2,(H,32,36). The van der Waals surface area contributed by atoms with Gasteiger partial charge in [-0.15, -0.1) is 0 Å². The van der Waals surface area contributed by atoms with Crippen LogP contribution in [0.1, 0.15) is 48.9 Å². The summed E-state index contributed by atoms with van der Waals surface area (Å²) in [6.45, 7) is 1.91. The number of fused-ring (bicyclic) bond motifs is 1. The first kappa shape index (κ1) is 23.8. The minimum Gasteiger partial charge on any atom is -0.371 e. The highest BCUT2D eigenvalue weighted by molar-refractivity contribution is 14.1. The molecule has 1 N–H and O–H groups in total. The lowest BCUT2D eigenvalue weighted by molar-refractivity contribution is -0.0221. The molecule has 7 nitrogen and oxygen atoms in total. The Morgan fingerprint density at radius 2 is 1.69 bits per heavy atom. The molecule has 36 heavy (non-hydrogen) atoms. The van der Waals surface area contributed by atoms with Crippen LogP contribution >= 0.6 is 22.6 Å². The van der Waals surface area contributed by atoms with Crippen LogP contribution in [0.25, 0.3) is 5.65 Å². The van der Waals surface area contributed by atoms with E-state index in [9.17, 15) is 13.6 Å². The van der Waals surface area contributed by atoms with Crippen molar-refractivity contribution < 1.29 is 18.0 Å². The van der Waals surface area contributed by atoms with Crippen molar-refractivity contribution in [1.82, 2.24) is 14.4 Å². The number of halogens is 4. The number of carbonyl (C=O) groups is 1. The Balaban J connectivity index is 1.30. The first-order valence-corrected chi connectivity index (χ1v) is 13.3. The summed E-state index contributed by atoms with van der Waals surface area (Å²) in [6.07, 6.45) is 7.04. The normalized spacial score (nSPS) is 20.7. The molecule has 0 radical (unpaired) electrons. The molecule has 3 fully saturated rings. The molecule has 1 aromatic carbocycles. The van der Waals surface area contributed by atoms with Gasteiger partial charge in [-0.25, -0.2) is 18.7 Å². The molecule has 3 aromatic rings. The van der Waals surface area contributed by atoms with Crippen LogP contribution in [0.3, 0.4) is 0 Å². The van der Waals surface area contributed by atoms with Crippen molar-refractivity contribution in [1.29, 1.82) is 0 Å². The summed E-state index contributed by atoms with van der Waals surface area (Å²) in [5.74, 6) is -3.93. The summed E-state index contributed by atoms with van der Waals surface area (Å²) < 4.78 is 45.0. The Morgan fingerprint density at radius 1 is 1.00 bits per heavy atom. The number of nitrogens with one attached hydrogen (secondary N) is 1. The van der Waals surface area contributed by atoms with Crippen LogP contribution in [0.15, 0.2) is 30.6 Å². The second-order valence-electron chi connectivity index (χ2n) is 10.1. The van der Waals surface area contributed by atoms with E-state index in [2.05, 4.69) is 42.8 Å². The lowest BCUT2D eigenvalue weighted by Gasteiger charge is -2.35. The number of rotatable bonds is 4. The molecule has 11 heteroatoms. The highest BCUT2D eigenvalue weighted by Gasteiger charge is 2.44. The van der Waals surface area contributed by atoms with Crippen LogP contribution in [0.2, 0.25) is 0 Å². The topological polar surface area (TPSA) is 65.8 Å². The van der Waals surface area contributed by atoms with Gasteiger partial charge in [-0.3, -0.25) is 9.20 Å². The Bertz CT molecular complexity index is 1320. The summed E-state index contributed by atoms with van der Waals surface area (Å²) in [5, 5.41) is 2.65. The van der Waals surface area contributed by atoms with E-state index in [4.69, 9.17) is 0 Å². The van der Waals surface area contributed by atoms with E-state index in [1.807, 2.05) is 12.1 Å². The number of anilines is 3. The molecule has 0 atom stereocenters. The molecule has 2 aromatic heterocycles. The molecule has 1 saturated carbocycles. The number of aromatic nitrogens is 3. The molecule has 1 amide bonds. The van der Waals surface area contributed by atoms with Crippen molar-refractivity contribution in [3.8, 4) is 0 Å².